The number of nitrogens with two attached hydrogens (primary N) is 2. The Bertz CT molecular complexity index is 759. The summed E-state index contributed by atoms with van der Waals surface area (Å²) in [6.45, 7) is 11.1. The standard InChI is InChI=1S/C20H26N2/c1-12-8-15-18(17(22)9-12)19(3,4)11-20(15,5)14-7-6-13(2)16(21)10-14/h6-10H,11,21-22H2,1-5H3. The van der Waals surface area contributed by atoms with Gasteiger partial charge in [-0.25, -0.2) is 0 Å². The van der Waals surface area contributed by atoms with Crippen LogP contribution < -0.4 is 11.5 Å². The summed E-state index contributed by atoms with van der Waals surface area (Å²) in [5, 5.41) is 0. The van der Waals surface area contributed by atoms with Gasteiger partial charge in [0.1, 0.15) is 0 Å². The minimum atomic E-state index is -0.0409. The molecule has 1 unspecified atom stereocenters. The molecule has 0 spiro atoms. The van der Waals surface area contributed by atoms with E-state index in [2.05, 4.69) is 65.0 Å². The molecule has 0 aromatic heterocycles. The fourth-order valence-electron chi connectivity index (χ4n) is 4.31. The van der Waals surface area contributed by atoms with E-state index in [-0.39, 0.29) is 10.8 Å². The molecule has 0 heterocycles. The van der Waals surface area contributed by atoms with Crippen LogP contribution in [0.4, 0.5) is 11.4 Å². The molecule has 0 radical (unpaired) electrons. The number of hydrogen-bond donors (Lipinski definition) is 2. The highest BCUT2D eigenvalue weighted by Gasteiger charge is 2.46. The molecule has 2 nitrogen and oxygen atoms in total. The minimum absolute atomic E-state index is 0.0409. The molecular formula is C20H26N2. The zero-order chi connectivity index (χ0) is 16.3. The Morgan fingerprint density at radius 2 is 1.59 bits per heavy atom. The van der Waals surface area contributed by atoms with Crippen molar-refractivity contribution in [3.8, 4) is 0 Å². The lowest BCUT2D eigenvalue weighted by Crippen LogP contribution is -2.23. The Morgan fingerprint density at radius 1 is 0.909 bits per heavy atom. The number of rotatable bonds is 1. The fraction of sp³-hybridized carbons (Fsp3) is 0.400. The Hall–Kier alpha value is -1.96. The number of hydrogen-bond acceptors (Lipinski definition) is 2. The highest BCUT2D eigenvalue weighted by Crippen LogP contribution is 2.55. The van der Waals surface area contributed by atoms with Crippen molar-refractivity contribution in [2.75, 3.05) is 11.5 Å². The minimum Gasteiger partial charge on any atom is -0.399 e. The first kappa shape index (κ1) is 15.0. The second kappa shape index (κ2) is 4.52. The van der Waals surface area contributed by atoms with Gasteiger partial charge in [0.2, 0.25) is 0 Å². The van der Waals surface area contributed by atoms with Crippen molar-refractivity contribution in [2.24, 2.45) is 0 Å². The quantitative estimate of drug-likeness (QED) is 0.763. The van der Waals surface area contributed by atoms with Crippen molar-refractivity contribution in [3.05, 3.63) is 58.1 Å². The molecule has 116 valence electrons. The molecule has 0 saturated carbocycles. The summed E-state index contributed by atoms with van der Waals surface area (Å²) in [5.74, 6) is 0. The predicted molar refractivity (Wildman–Crippen MR) is 95.3 cm³/mol. The molecule has 0 bridgehead atoms. The van der Waals surface area contributed by atoms with Crippen molar-refractivity contribution in [2.45, 2.75) is 51.9 Å². The fourth-order valence-corrected chi connectivity index (χ4v) is 4.31. The van der Waals surface area contributed by atoms with Gasteiger partial charge in [0.25, 0.3) is 0 Å². The lowest BCUT2D eigenvalue weighted by molar-refractivity contribution is 0.425. The van der Waals surface area contributed by atoms with E-state index in [1.54, 1.807) is 0 Å². The van der Waals surface area contributed by atoms with Gasteiger partial charge in [0, 0.05) is 16.8 Å². The van der Waals surface area contributed by atoms with E-state index in [0.29, 0.717) is 0 Å². The molecular weight excluding hydrogens is 268 g/mol. The number of nitrogen functional groups attached to an aromatic ring is 2. The molecule has 2 heteroatoms. The van der Waals surface area contributed by atoms with E-state index in [1.807, 2.05) is 0 Å². The van der Waals surface area contributed by atoms with Gasteiger partial charge >= 0.3 is 0 Å². The maximum Gasteiger partial charge on any atom is 0.0357 e. The lowest BCUT2D eigenvalue weighted by Gasteiger charge is -2.29. The van der Waals surface area contributed by atoms with Gasteiger partial charge < -0.3 is 11.5 Å². The van der Waals surface area contributed by atoms with Crippen LogP contribution in [0.2, 0.25) is 0 Å². The third kappa shape index (κ3) is 2.01. The van der Waals surface area contributed by atoms with Crippen LogP contribution in [-0.2, 0) is 10.8 Å². The second-order valence-corrected chi connectivity index (χ2v) is 7.74. The Labute approximate surface area is 133 Å². The highest BCUT2D eigenvalue weighted by atomic mass is 14.6. The molecule has 2 aromatic rings. The Morgan fingerprint density at radius 3 is 2.23 bits per heavy atom. The molecule has 1 atom stereocenters. The molecule has 0 fully saturated rings. The third-order valence-corrected chi connectivity index (χ3v) is 5.30. The van der Waals surface area contributed by atoms with E-state index in [9.17, 15) is 0 Å². The Kier molecular flexibility index (Phi) is 3.07. The maximum atomic E-state index is 6.38. The molecule has 2 aromatic carbocycles. The van der Waals surface area contributed by atoms with E-state index in [0.717, 1.165) is 23.4 Å². The van der Waals surface area contributed by atoms with E-state index < -0.39 is 0 Å². The van der Waals surface area contributed by atoms with Crippen LogP contribution in [0.5, 0.6) is 0 Å². The van der Waals surface area contributed by atoms with Gasteiger partial charge in [-0.2, -0.15) is 0 Å². The SMILES string of the molecule is Cc1cc(N)c2c(c1)C(C)(c1ccc(C)c(N)c1)CC2(C)C. The molecule has 4 N–H and O–H groups in total. The predicted octanol–water partition coefficient (Wildman–Crippen LogP) is 4.46. The van der Waals surface area contributed by atoms with Gasteiger partial charge in [-0.15, -0.1) is 0 Å². The number of benzene rings is 2. The highest BCUT2D eigenvalue weighted by molar-refractivity contribution is 5.65. The average Bonchev–Trinajstić information content (AvgIpc) is 2.60. The van der Waals surface area contributed by atoms with Crippen molar-refractivity contribution >= 4 is 11.4 Å². The van der Waals surface area contributed by atoms with Crippen LogP contribution in [0.25, 0.3) is 0 Å². The van der Waals surface area contributed by atoms with Crippen LogP contribution in [0.15, 0.2) is 30.3 Å². The van der Waals surface area contributed by atoms with Crippen molar-refractivity contribution in [3.63, 3.8) is 0 Å². The zero-order valence-corrected chi connectivity index (χ0v) is 14.2. The zero-order valence-electron chi connectivity index (χ0n) is 14.2. The first-order valence-corrected chi connectivity index (χ1v) is 7.93. The molecule has 0 aliphatic heterocycles. The van der Waals surface area contributed by atoms with Gasteiger partial charge in [0.05, 0.1) is 0 Å². The summed E-state index contributed by atoms with van der Waals surface area (Å²) in [4.78, 5) is 0. The molecule has 1 aliphatic rings. The molecule has 22 heavy (non-hydrogen) atoms. The summed E-state index contributed by atoms with van der Waals surface area (Å²) in [6.07, 6.45) is 1.05. The largest absolute Gasteiger partial charge is 0.399 e. The van der Waals surface area contributed by atoms with Crippen molar-refractivity contribution < 1.29 is 0 Å². The summed E-state index contributed by atoms with van der Waals surface area (Å²) in [7, 11) is 0. The number of anilines is 2. The maximum absolute atomic E-state index is 6.38. The van der Waals surface area contributed by atoms with Crippen LogP contribution >= 0.6 is 0 Å². The normalized spacial score (nSPS) is 22.6. The topological polar surface area (TPSA) is 52.0 Å². The first-order valence-electron chi connectivity index (χ1n) is 7.93. The van der Waals surface area contributed by atoms with Crippen molar-refractivity contribution in [1.82, 2.24) is 0 Å². The van der Waals surface area contributed by atoms with E-state index in [1.165, 1.54) is 22.3 Å². The number of fused-ring (bicyclic) bond motifs is 1. The third-order valence-electron chi connectivity index (χ3n) is 5.30. The summed E-state index contributed by atoms with van der Waals surface area (Å²) in [6, 6.07) is 10.9. The molecule has 1 aliphatic carbocycles. The second-order valence-electron chi connectivity index (χ2n) is 7.74. The van der Waals surface area contributed by atoms with E-state index in [4.69, 9.17) is 11.5 Å². The summed E-state index contributed by atoms with van der Waals surface area (Å²) >= 11 is 0. The molecule has 0 saturated heterocycles. The van der Waals surface area contributed by atoms with Gasteiger partial charge in [-0.05, 0) is 65.6 Å². The molecule has 3 rings (SSSR count). The average molecular weight is 294 g/mol. The smallest absolute Gasteiger partial charge is 0.0357 e. The van der Waals surface area contributed by atoms with Crippen LogP contribution in [0.3, 0.4) is 0 Å². The van der Waals surface area contributed by atoms with Crippen LogP contribution in [-0.4, -0.2) is 0 Å². The van der Waals surface area contributed by atoms with Gasteiger partial charge in [0.15, 0.2) is 0 Å². The number of aryl methyl sites for hydroxylation is 2. The Balaban J connectivity index is 2.28. The summed E-state index contributed by atoms with van der Waals surface area (Å²) < 4.78 is 0. The van der Waals surface area contributed by atoms with Crippen molar-refractivity contribution in [1.29, 1.82) is 0 Å². The molecule has 0 amide bonds. The van der Waals surface area contributed by atoms with Crippen LogP contribution in [0.1, 0.15) is 55.0 Å². The van der Waals surface area contributed by atoms with Crippen LogP contribution in [0, 0.1) is 13.8 Å². The van der Waals surface area contributed by atoms with Gasteiger partial charge in [-0.1, -0.05) is 39.0 Å². The van der Waals surface area contributed by atoms with Gasteiger partial charge in [-0.3, -0.25) is 0 Å². The summed E-state index contributed by atoms with van der Waals surface area (Å²) in [5.41, 5.74) is 20.7. The first-order chi connectivity index (χ1) is 10.1. The monoisotopic (exact) mass is 294 g/mol. The lowest BCUT2D eigenvalue weighted by atomic mass is 9.74. The van der Waals surface area contributed by atoms with E-state index >= 15 is 0 Å².